The first-order chi connectivity index (χ1) is 10.3. The molecule has 22 heavy (non-hydrogen) atoms. The minimum Gasteiger partial charge on any atom is -0.496 e. The highest BCUT2D eigenvalue weighted by Gasteiger charge is 2.28. The molecule has 0 aliphatic rings. The average Bonchev–Trinajstić information content (AvgIpc) is 2.43. The maximum absolute atomic E-state index is 12.2. The first kappa shape index (κ1) is 17.5. The Morgan fingerprint density at radius 2 is 1.86 bits per heavy atom. The molecule has 0 spiro atoms. The summed E-state index contributed by atoms with van der Waals surface area (Å²) in [7, 11) is 1.49. The van der Waals surface area contributed by atoms with Crippen molar-refractivity contribution in [3.8, 4) is 5.75 Å². The number of aryl methyl sites for hydroxylation is 1. The number of imide groups is 1. The molecule has 0 aliphatic carbocycles. The van der Waals surface area contributed by atoms with Crippen molar-refractivity contribution >= 4 is 17.9 Å². The number of carbonyl (C=O) groups excluding carboxylic acids is 3. The standard InChI is InChI=1S/C15H20N2O5/c1-8(2)12(13(18)17-15(16)20)22-14(19)10-6-5-9(3)11(7-10)21-4/h5-8,12H,1-4H3,(H3,16,17,18,20)/t12-/m1/s1. The van der Waals surface area contributed by atoms with Gasteiger partial charge in [-0.25, -0.2) is 9.59 Å². The number of urea groups is 1. The average molecular weight is 308 g/mol. The molecule has 0 fully saturated rings. The fourth-order valence-corrected chi connectivity index (χ4v) is 1.82. The van der Waals surface area contributed by atoms with E-state index in [4.69, 9.17) is 15.2 Å². The molecule has 7 heteroatoms. The van der Waals surface area contributed by atoms with Gasteiger partial charge in [-0.15, -0.1) is 0 Å². The zero-order chi connectivity index (χ0) is 16.9. The number of benzene rings is 1. The summed E-state index contributed by atoms with van der Waals surface area (Å²) < 4.78 is 10.3. The molecule has 0 radical (unpaired) electrons. The van der Waals surface area contributed by atoms with Gasteiger partial charge >= 0.3 is 12.0 Å². The molecule has 1 rings (SSSR count). The topological polar surface area (TPSA) is 108 Å². The Morgan fingerprint density at radius 3 is 2.36 bits per heavy atom. The van der Waals surface area contributed by atoms with Crippen molar-refractivity contribution in [2.45, 2.75) is 26.9 Å². The van der Waals surface area contributed by atoms with Gasteiger partial charge in [-0.2, -0.15) is 0 Å². The van der Waals surface area contributed by atoms with Crippen LogP contribution in [0.3, 0.4) is 0 Å². The molecule has 0 bridgehead atoms. The molecule has 7 nitrogen and oxygen atoms in total. The van der Waals surface area contributed by atoms with Crippen LogP contribution in [0.4, 0.5) is 4.79 Å². The molecule has 0 saturated carbocycles. The van der Waals surface area contributed by atoms with Crippen LogP contribution < -0.4 is 15.8 Å². The van der Waals surface area contributed by atoms with E-state index in [1.807, 2.05) is 12.2 Å². The summed E-state index contributed by atoms with van der Waals surface area (Å²) in [6.07, 6.45) is -1.12. The monoisotopic (exact) mass is 308 g/mol. The highest BCUT2D eigenvalue weighted by Crippen LogP contribution is 2.20. The Labute approximate surface area is 128 Å². The molecule has 120 valence electrons. The summed E-state index contributed by atoms with van der Waals surface area (Å²) in [4.78, 5) is 34.7. The lowest BCUT2D eigenvalue weighted by Crippen LogP contribution is -2.45. The van der Waals surface area contributed by atoms with E-state index in [-0.39, 0.29) is 11.5 Å². The van der Waals surface area contributed by atoms with Gasteiger partial charge in [0.05, 0.1) is 12.7 Å². The van der Waals surface area contributed by atoms with E-state index in [0.717, 1.165) is 5.56 Å². The fourth-order valence-electron chi connectivity index (χ4n) is 1.82. The number of amides is 3. The van der Waals surface area contributed by atoms with Crippen molar-refractivity contribution in [2.24, 2.45) is 11.7 Å². The number of nitrogens with one attached hydrogen (secondary N) is 1. The third kappa shape index (κ3) is 4.47. The summed E-state index contributed by atoms with van der Waals surface area (Å²) in [5.41, 5.74) is 6.02. The number of esters is 1. The second-order valence-corrected chi connectivity index (χ2v) is 5.11. The maximum atomic E-state index is 12.2. The quantitative estimate of drug-likeness (QED) is 0.799. The Morgan fingerprint density at radius 1 is 1.23 bits per heavy atom. The number of methoxy groups -OCH3 is 1. The lowest BCUT2D eigenvalue weighted by molar-refractivity contribution is -0.130. The van der Waals surface area contributed by atoms with Gasteiger partial charge in [0, 0.05) is 0 Å². The van der Waals surface area contributed by atoms with Crippen molar-refractivity contribution in [3.05, 3.63) is 29.3 Å². The van der Waals surface area contributed by atoms with Gasteiger partial charge in [-0.05, 0) is 30.5 Å². The van der Waals surface area contributed by atoms with Gasteiger partial charge in [-0.1, -0.05) is 19.9 Å². The van der Waals surface area contributed by atoms with Crippen LogP contribution in [0.15, 0.2) is 18.2 Å². The first-order valence-corrected chi connectivity index (χ1v) is 6.72. The van der Waals surface area contributed by atoms with Crippen molar-refractivity contribution in [1.29, 1.82) is 0 Å². The van der Waals surface area contributed by atoms with E-state index in [2.05, 4.69) is 0 Å². The third-order valence-corrected chi connectivity index (χ3v) is 2.99. The maximum Gasteiger partial charge on any atom is 0.339 e. The molecule has 3 amide bonds. The number of carbonyl (C=O) groups is 3. The summed E-state index contributed by atoms with van der Waals surface area (Å²) in [6, 6.07) is 3.82. The Bertz CT molecular complexity index is 583. The van der Waals surface area contributed by atoms with E-state index < -0.39 is 24.0 Å². The lowest BCUT2D eigenvalue weighted by Gasteiger charge is -2.20. The molecular weight excluding hydrogens is 288 g/mol. The number of hydrogen-bond acceptors (Lipinski definition) is 5. The van der Waals surface area contributed by atoms with Crippen LogP contribution in [0.25, 0.3) is 0 Å². The van der Waals surface area contributed by atoms with E-state index >= 15 is 0 Å². The molecule has 1 atom stereocenters. The van der Waals surface area contributed by atoms with Crippen molar-refractivity contribution in [2.75, 3.05) is 7.11 Å². The molecule has 0 unspecified atom stereocenters. The zero-order valence-corrected chi connectivity index (χ0v) is 13.0. The summed E-state index contributed by atoms with van der Waals surface area (Å²) >= 11 is 0. The Balaban J connectivity index is 2.92. The summed E-state index contributed by atoms with van der Waals surface area (Å²) in [6.45, 7) is 5.22. The van der Waals surface area contributed by atoms with Crippen molar-refractivity contribution in [1.82, 2.24) is 5.32 Å². The van der Waals surface area contributed by atoms with Crippen LogP contribution in [0.1, 0.15) is 29.8 Å². The number of rotatable bonds is 5. The smallest absolute Gasteiger partial charge is 0.339 e. The van der Waals surface area contributed by atoms with E-state index in [9.17, 15) is 14.4 Å². The molecule has 3 N–H and O–H groups in total. The van der Waals surface area contributed by atoms with Gasteiger partial charge in [0.2, 0.25) is 0 Å². The number of primary amides is 1. The molecule has 0 aromatic heterocycles. The molecule has 1 aromatic rings. The first-order valence-electron chi connectivity index (χ1n) is 6.72. The number of nitrogens with two attached hydrogens (primary N) is 1. The van der Waals surface area contributed by atoms with Crippen LogP contribution in [0.5, 0.6) is 5.75 Å². The molecule has 0 aliphatic heterocycles. The van der Waals surface area contributed by atoms with Crippen LogP contribution in [0.2, 0.25) is 0 Å². The molecule has 0 saturated heterocycles. The van der Waals surface area contributed by atoms with Crippen LogP contribution in [-0.2, 0) is 9.53 Å². The minimum absolute atomic E-state index is 0.250. The van der Waals surface area contributed by atoms with E-state index in [1.165, 1.54) is 13.2 Å². The van der Waals surface area contributed by atoms with Gasteiger partial charge < -0.3 is 15.2 Å². The van der Waals surface area contributed by atoms with Gasteiger partial charge in [0.25, 0.3) is 5.91 Å². The molecular formula is C15H20N2O5. The SMILES string of the molecule is COc1cc(C(=O)O[C@@H](C(=O)NC(N)=O)C(C)C)ccc1C. The largest absolute Gasteiger partial charge is 0.496 e. The Kier molecular flexibility index (Phi) is 5.91. The summed E-state index contributed by atoms with van der Waals surface area (Å²) in [5, 5.41) is 1.91. The normalized spacial score (nSPS) is 11.7. The second-order valence-electron chi connectivity index (χ2n) is 5.11. The Hall–Kier alpha value is -2.57. The highest BCUT2D eigenvalue weighted by molar-refractivity contribution is 5.98. The number of ether oxygens (including phenoxy) is 2. The second kappa shape index (κ2) is 7.44. The predicted octanol–water partition coefficient (Wildman–Crippen LogP) is 1.38. The lowest BCUT2D eigenvalue weighted by atomic mass is 10.1. The van der Waals surface area contributed by atoms with Crippen LogP contribution >= 0.6 is 0 Å². The molecule has 0 heterocycles. The van der Waals surface area contributed by atoms with Crippen LogP contribution in [0, 0.1) is 12.8 Å². The predicted molar refractivity (Wildman–Crippen MR) is 79.5 cm³/mol. The zero-order valence-electron chi connectivity index (χ0n) is 13.0. The van der Waals surface area contributed by atoms with Gasteiger partial charge in [0.15, 0.2) is 6.10 Å². The minimum atomic E-state index is -1.12. The van der Waals surface area contributed by atoms with Crippen molar-refractivity contribution < 1.29 is 23.9 Å². The summed E-state index contributed by atoms with van der Waals surface area (Å²) in [5.74, 6) is -1.22. The van der Waals surface area contributed by atoms with E-state index in [0.29, 0.717) is 5.75 Å². The highest BCUT2D eigenvalue weighted by atomic mass is 16.5. The van der Waals surface area contributed by atoms with Crippen molar-refractivity contribution in [3.63, 3.8) is 0 Å². The van der Waals surface area contributed by atoms with E-state index in [1.54, 1.807) is 26.0 Å². The number of hydrogen-bond donors (Lipinski definition) is 2. The molecule has 1 aromatic carbocycles. The fraction of sp³-hybridized carbons (Fsp3) is 0.400. The third-order valence-electron chi connectivity index (χ3n) is 2.99. The van der Waals surface area contributed by atoms with Gasteiger partial charge in [0.1, 0.15) is 5.75 Å². The van der Waals surface area contributed by atoms with Crippen LogP contribution in [-0.4, -0.2) is 31.1 Å². The van der Waals surface area contributed by atoms with Gasteiger partial charge in [-0.3, -0.25) is 10.1 Å².